The van der Waals surface area contributed by atoms with Gasteiger partial charge < -0.3 is 21.1 Å². The van der Waals surface area contributed by atoms with E-state index in [1.54, 1.807) is 30.3 Å². The average Bonchev–Trinajstić information content (AvgIpc) is 2.53. The fourth-order valence-electron chi connectivity index (χ4n) is 2.01. The Kier molecular flexibility index (Phi) is 5.59. The van der Waals surface area contributed by atoms with Crippen LogP contribution in [0.4, 0.5) is 10.5 Å². The summed E-state index contributed by atoms with van der Waals surface area (Å²) >= 11 is 0. The molecule has 0 saturated carbocycles. The first-order valence-electron chi connectivity index (χ1n) is 7.84. The Morgan fingerprint density at radius 1 is 1.12 bits per heavy atom. The molecule has 7 nitrogen and oxygen atoms in total. The van der Waals surface area contributed by atoms with Gasteiger partial charge in [0.25, 0.3) is 5.91 Å². The Labute approximate surface area is 146 Å². The van der Waals surface area contributed by atoms with E-state index in [4.69, 9.17) is 0 Å². The van der Waals surface area contributed by atoms with Gasteiger partial charge in [-0.25, -0.2) is 4.79 Å². The smallest absolute Gasteiger partial charge is 0.319 e. The van der Waals surface area contributed by atoms with E-state index in [-0.39, 0.29) is 22.9 Å². The number of rotatable bonds is 4. The van der Waals surface area contributed by atoms with Gasteiger partial charge in [0, 0.05) is 24.0 Å². The summed E-state index contributed by atoms with van der Waals surface area (Å²) in [6.45, 7) is 5.95. The van der Waals surface area contributed by atoms with Crippen LogP contribution < -0.4 is 16.0 Å². The van der Waals surface area contributed by atoms with Gasteiger partial charge in [-0.05, 0) is 50.6 Å². The number of nitrogens with zero attached hydrogens (tertiary/aromatic N) is 1. The molecule has 1 aromatic carbocycles. The molecular formula is C18H22N4O3. The number of urea groups is 1. The summed E-state index contributed by atoms with van der Waals surface area (Å²) in [6, 6.07) is 9.26. The maximum absolute atomic E-state index is 12.1. The van der Waals surface area contributed by atoms with Crippen molar-refractivity contribution >= 4 is 17.6 Å². The van der Waals surface area contributed by atoms with Gasteiger partial charge in [-0.1, -0.05) is 12.1 Å². The van der Waals surface area contributed by atoms with Gasteiger partial charge in [-0.15, -0.1) is 0 Å². The van der Waals surface area contributed by atoms with Crippen LogP contribution in [0.5, 0.6) is 5.75 Å². The summed E-state index contributed by atoms with van der Waals surface area (Å²) in [5.41, 5.74) is 1.18. The molecule has 0 spiro atoms. The number of hydrogen-bond donors (Lipinski definition) is 4. The van der Waals surface area contributed by atoms with Crippen LogP contribution in [0.3, 0.4) is 0 Å². The zero-order valence-electron chi connectivity index (χ0n) is 14.5. The van der Waals surface area contributed by atoms with Crippen molar-refractivity contribution in [2.24, 2.45) is 0 Å². The van der Waals surface area contributed by atoms with Gasteiger partial charge in [-0.2, -0.15) is 0 Å². The van der Waals surface area contributed by atoms with Crippen LogP contribution in [-0.2, 0) is 6.54 Å². The molecule has 0 fully saturated rings. The number of phenols is 1. The fraction of sp³-hybridized carbons (Fsp3) is 0.278. The zero-order chi connectivity index (χ0) is 18.4. The fourth-order valence-corrected chi connectivity index (χ4v) is 2.01. The van der Waals surface area contributed by atoms with Crippen LogP contribution in [-0.4, -0.2) is 27.6 Å². The van der Waals surface area contributed by atoms with E-state index in [0.29, 0.717) is 12.2 Å². The Balaban J connectivity index is 1.93. The van der Waals surface area contributed by atoms with E-state index in [1.807, 2.05) is 20.8 Å². The minimum absolute atomic E-state index is 0.172. The largest absolute Gasteiger partial charge is 0.508 e. The second-order valence-corrected chi connectivity index (χ2v) is 6.61. The van der Waals surface area contributed by atoms with Crippen LogP contribution in [0.15, 0.2) is 42.6 Å². The zero-order valence-corrected chi connectivity index (χ0v) is 14.5. The number of benzene rings is 1. The number of carbonyl (C=O) groups excluding carboxylic acids is 2. The lowest BCUT2D eigenvalue weighted by Gasteiger charge is -2.20. The molecule has 1 heterocycles. The predicted octanol–water partition coefficient (Wildman–Crippen LogP) is 2.64. The molecular weight excluding hydrogens is 320 g/mol. The summed E-state index contributed by atoms with van der Waals surface area (Å²) in [5.74, 6) is -0.133. The van der Waals surface area contributed by atoms with E-state index < -0.39 is 6.03 Å². The van der Waals surface area contributed by atoms with Crippen LogP contribution in [0.25, 0.3) is 0 Å². The van der Waals surface area contributed by atoms with E-state index >= 15 is 0 Å². The molecule has 0 radical (unpaired) electrons. The first-order valence-corrected chi connectivity index (χ1v) is 7.84. The van der Waals surface area contributed by atoms with E-state index in [0.717, 1.165) is 5.56 Å². The minimum atomic E-state index is -0.401. The van der Waals surface area contributed by atoms with Crippen LogP contribution in [0.2, 0.25) is 0 Å². The second kappa shape index (κ2) is 7.65. The standard InChI is InChI=1S/C18H22N4O3/c1-18(2,3)22-16(24)15-10-13(8-9-19-15)21-17(25)20-11-12-4-6-14(23)7-5-12/h4-10,23H,11H2,1-3H3,(H,22,24)(H2,19,20,21,25). The lowest BCUT2D eigenvalue weighted by molar-refractivity contribution is 0.0914. The Hall–Kier alpha value is -3.09. The Bertz CT molecular complexity index is 752. The number of aromatic hydroxyl groups is 1. The van der Waals surface area contributed by atoms with Crippen LogP contribution in [0.1, 0.15) is 36.8 Å². The number of pyridine rings is 1. The van der Waals surface area contributed by atoms with Crippen molar-refractivity contribution in [2.45, 2.75) is 32.9 Å². The Morgan fingerprint density at radius 3 is 2.44 bits per heavy atom. The van der Waals surface area contributed by atoms with Crippen molar-refractivity contribution in [3.63, 3.8) is 0 Å². The highest BCUT2D eigenvalue weighted by Gasteiger charge is 2.16. The molecule has 2 rings (SSSR count). The van der Waals surface area contributed by atoms with Crippen LogP contribution >= 0.6 is 0 Å². The minimum Gasteiger partial charge on any atom is -0.508 e. The van der Waals surface area contributed by atoms with Gasteiger partial charge >= 0.3 is 6.03 Å². The van der Waals surface area contributed by atoms with Crippen LogP contribution in [0, 0.1) is 0 Å². The third-order valence-corrected chi connectivity index (χ3v) is 3.13. The molecule has 0 unspecified atom stereocenters. The number of aromatic nitrogens is 1. The van der Waals surface area contributed by atoms with E-state index in [9.17, 15) is 14.7 Å². The first kappa shape index (κ1) is 18.3. The summed E-state index contributed by atoms with van der Waals surface area (Å²) < 4.78 is 0. The van der Waals surface area contributed by atoms with Crippen molar-refractivity contribution in [3.8, 4) is 5.75 Å². The summed E-state index contributed by atoms with van der Waals surface area (Å²) in [4.78, 5) is 28.1. The molecule has 1 aromatic heterocycles. The van der Waals surface area contributed by atoms with Gasteiger partial charge in [0.15, 0.2) is 0 Å². The van der Waals surface area contributed by atoms with Gasteiger partial charge in [0.2, 0.25) is 0 Å². The molecule has 4 N–H and O–H groups in total. The molecule has 0 atom stereocenters. The Morgan fingerprint density at radius 2 is 1.80 bits per heavy atom. The maximum Gasteiger partial charge on any atom is 0.319 e. The molecule has 2 aromatic rings. The SMILES string of the molecule is CC(C)(C)NC(=O)c1cc(NC(=O)NCc2ccc(O)cc2)ccn1. The molecule has 0 aliphatic heterocycles. The number of anilines is 1. The average molecular weight is 342 g/mol. The quantitative estimate of drug-likeness (QED) is 0.686. The predicted molar refractivity (Wildman–Crippen MR) is 95.4 cm³/mol. The molecule has 7 heteroatoms. The number of amides is 3. The van der Waals surface area contributed by atoms with Crippen molar-refractivity contribution in [1.29, 1.82) is 0 Å². The topological polar surface area (TPSA) is 103 Å². The third kappa shape index (κ3) is 6.14. The molecule has 25 heavy (non-hydrogen) atoms. The highest BCUT2D eigenvalue weighted by Crippen LogP contribution is 2.11. The molecule has 0 aliphatic carbocycles. The van der Waals surface area contributed by atoms with Crippen molar-refractivity contribution in [3.05, 3.63) is 53.9 Å². The number of hydrogen-bond acceptors (Lipinski definition) is 4. The highest BCUT2D eigenvalue weighted by molar-refractivity contribution is 5.95. The normalized spacial score (nSPS) is 10.8. The van der Waals surface area contributed by atoms with Gasteiger partial charge in [0.05, 0.1) is 0 Å². The molecule has 132 valence electrons. The molecule has 0 aliphatic rings. The van der Waals surface area contributed by atoms with Gasteiger partial charge in [0.1, 0.15) is 11.4 Å². The molecule has 0 bridgehead atoms. The second-order valence-electron chi connectivity index (χ2n) is 6.61. The summed E-state index contributed by atoms with van der Waals surface area (Å²) in [5, 5.41) is 17.4. The molecule has 3 amide bonds. The lowest BCUT2D eigenvalue weighted by atomic mass is 10.1. The molecule has 0 saturated heterocycles. The number of nitrogens with one attached hydrogen (secondary N) is 3. The lowest BCUT2D eigenvalue weighted by Crippen LogP contribution is -2.41. The third-order valence-electron chi connectivity index (χ3n) is 3.13. The first-order chi connectivity index (χ1) is 11.7. The summed E-state index contributed by atoms with van der Waals surface area (Å²) in [6.07, 6.45) is 1.47. The monoisotopic (exact) mass is 342 g/mol. The van der Waals surface area contributed by atoms with E-state index in [2.05, 4.69) is 20.9 Å². The number of carbonyl (C=O) groups is 2. The highest BCUT2D eigenvalue weighted by atomic mass is 16.3. The number of phenolic OH excluding ortho intramolecular Hbond substituents is 1. The maximum atomic E-state index is 12.1. The van der Waals surface area contributed by atoms with Crippen molar-refractivity contribution in [1.82, 2.24) is 15.6 Å². The summed E-state index contributed by atoms with van der Waals surface area (Å²) in [7, 11) is 0. The van der Waals surface area contributed by atoms with Crippen molar-refractivity contribution < 1.29 is 14.7 Å². The van der Waals surface area contributed by atoms with E-state index in [1.165, 1.54) is 12.3 Å². The van der Waals surface area contributed by atoms with Crippen molar-refractivity contribution in [2.75, 3.05) is 5.32 Å². The van der Waals surface area contributed by atoms with Gasteiger partial charge in [-0.3, -0.25) is 9.78 Å².